The number of carbonyl (C=O) groups excluding carboxylic acids is 1. The molecule has 23 heavy (non-hydrogen) atoms. The zero-order valence-corrected chi connectivity index (χ0v) is 13.7. The molecule has 1 aromatic rings. The zero-order valence-electron chi connectivity index (χ0n) is 13.7. The minimum atomic E-state index is -0.522. The van der Waals surface area contributed by atoms with Crippen molar-refractivity contribution < 1.29 is 14.6 Å². The minimum absolute atomic E-state index is 0.0353. The van der Waals surface area contributed by atoms with Gasteiger partial charge in [-0.05, 0) is 51.0 Å². The molecule has 0 heterocycles. The number of para-hydroxylation sites is 1. The Morgan fingerprint density at radius 2 is 2.04 bits per heavy atom. The summed E-state index contributed by atoms with van der Waals surface area (Å²) in [5.41, 5.74) is 0.457. The van der Waals surface area contributed by atoms with E-state index in [1.807, 2.05) is 31.2 Å². The van der Waals surface area contributed by atoms with Gasteiger partial charge in [0.05, 0.1) is 18.2 Å². The molecule has 126 valence electrons. The summed E-state index contributed by atoms with van der Waals surface area (Å²) in [6, 6.07) is 7.58. The highest BCUT2D eigenvalue weighted by molar-refractivity contribution is 5.75. The van der Waals surface area contributed by atoms with Gasteiger partial charge >= 0.3 is 6.03 Å². The monoisotopic (exact) mass is 318 g/mol. The molecule has 5 nitrogen and oxygen atoms in total. The van der Waals surface area contributed by atoms with E-state index in [2.05, 4.69) is 10.6 Å². The van der Waals surface area contributed by atoms with Crippen molar-refractivity contribution in [3.05, 3.63) is 29.8 Å². The average molecular weight is 318 g/mol. The summed E-state index contributed by atoms with van der Waals surface area (Å²) in [5, 5.41) is 15.3. The van der Waals surface area contributed by atoms with Crippen LogP contribution in [0.3, 0.4) is 0 Å². The van der Waals surface area contributed by atoms with Gasteiger partial charge in [-0.3, -0.25) is 0 Å². The molecule has 2 saturated carbocycles. The van der Waals surface area contributed by atoms with Crippen LogP contribution in [0, 0.1) is 5.92 Å². The molecular formula is C18H26N2O3. The van der Waals surface area contributed by atoms with Gasteiger partial charge in [0.25, 0.3) is 0 Å². The van der Waals surface area contributed by atoms with E-state index in [1.165, 1.54) is 6.42 Å². The number of urea groups is 1. The molecule has 5 heteroatoms. The van der Waals surface area contributed by atoms with Crippen LogP contribution in [0.25, 0.3) is 0 Å². The summed E-state index contributed by atoms with van der Waals surface area (Å²) in [7, 11) is 0. The largest absolute Gasteiger partial charge is 0.490 e. The number of carbonyl (C=O) groups is 1. The summed E-state index contributed by atoms with van der Waals surface area (Å²) in [6.07, 6.45) is 5.90. The smallest absolute Gasteiger partial charge is 0.315 e. The van der Waals surface area contributed by atoms with E-state index in [0.717, 1.165) is 37.0 Å². The first-order valence-corrected chi connectivity index (χ1v) is 8.52. The SMILES string of the molecule is CC(CO)(NC(=O)NCc1ccccc1OC1CCC1)C1CC1. The van der Waals surface area contributed by atoms with E-state index in [9.17, 15) is 9.90 Å². The molecule has 0 aliphatic heterocycles. The van der Waals surface area contributed by atoms with E-state index >= 15 is 0 Å². The molecule has 2 amide bonds. The number of benzene rings is 1. The molecule has 0 bridgehead atoms. The van der Waals surface area contributed by atoms with Crippen molar-refractivity contribution in [2.45, 2.75) is 57.2 Å². The second kappa shape index (κ2) is 6.79. The fourth-order valence-electron chi connectivity index (χ4n) is 2.90. The fraction of sp³-hybridized carbons (Fsp3) is 0.611. The van der Waals surface area contributed by atoms with Gasteiger partial charge in [0.1, 0.15) is 5.75 Å². The second-order valence-electron chi connectivity index (χ2n) is 6.94. The van der Waals surface area contributed by atoms with Gasteiger partial charge in [-0.15, -0.1) is 0 Å². The third kappa shape index (κ3) is 3.96. The molecule has 2 aliphatic carbocycles. The van der Waals surface area contributed by atoms with E-state index in [0.29, 0.717) is 18.6 Å². The molecular weight excluding hydrogens is 292 g/mol. The number of hydrogen-bond donors (Lipinski definition) is 3. The van der Waals surface area contributed by atoms with Gasteiger partial charge in [-0.1, -0.05) is 18.2 Å². The topological polar surface area (TPSA) is 70.6 Å². The zero-order chi connectivity index (χ0) is 16.3. The first-order valence-electron chi connectivity index (χ1n) is 8.52. The number of nitrogens with one attached hydrogen (secondary N) is 2. The van der Waals surface area contributed by atoms with Crippen molar-refractivity contribution in [3.8, 4) is 5.75 Å². The van der Waals surface area contributed by atoms with Crippen molar-refractivity contribution in [1.29, 1.82) is 0 Å². The Balaban J connectivity index is 1.54. The van der Waals surface area contributed by atoms with Gasteiger partial charge in [-0.2, -0.15) is 0 Å². The summed E-state index contributed by atoms with van der Waals surface area (Å²) >= 11 is 0. The lowest BCUT2D eigenvalue weighted by Crippen LogP contribution is -2.53. The lowest BCUT2D eigenvalue weighted by Gasteiger charge is -2.29. The highest BCUT2D eigenvalue weighted by Gasteiger charge is 2.42. The molecule has 2 fully saturated rings. The van der Waals surface area contributed by atoms with Gasteiger partial charge in [-0.25, -0.2) is 4.79 Å². The summed E-state index contributed by atoms with van der Waals surface area (Å²) < 4.78 is 5.97. The predicted octanol–water partition coefficient (Wildman–Crippen LogP) is 2.58. The highest BCUT2D eigenvalue weighted by Crippen LogP contribution is 2.39. The minimum Gasteiger partial charge on any atom is -0.490 e. The van der Waals surface area contributed by atoms with Gasteiger partial charge in [0, 0.05) is 12.1 Å². The lowest BCUT2D eigenvalue weighted by atomic mass is 9.96. The standard InChI is InChI=1S/C18H26N2O3/c1-18(12-21,14-9-10-14)20-17(22)19-11-13-5-2-3-8-16(13)23-15-6-4-7-15/h2-3,5,8,14-15,21H,4,6-7,9-12H2,1H3,(H2,19,20,22). The Bertz CT molecular complexity index is 555. The fourth-order valence-corrected chi connectivity index (χ4v) is 2.90. The van der Waals surface area contributed by atoms with Crippen LogP contribution in [0.15, 0.2) is 24.3 Å². The Morgan fingerprint density at radius 3 is 2.65 bits per heavy atom. The third-order valence-electron chi connectivity index (χ3n) is 4.96. The van der Waals surface area contributed by atoms with Crippen LogP contribution in [-0.2, 0) is 6.54 Å². The second-order valence-corrected chi connectivity index (χ2v) is 6.94. The van der Waals surface area contributed by atoms with E-state index in [-0.39, 0.29) is 12.6 Å². The Hall–Kier alpha value is -1.75. The maximum absolute atomic E-state index is 12.1. The van der Waals surface area contributed by atoms with Crippen molar-refractivity contribution in [2.24, 2.45) is 5.92 Å². The van der Waals surface area contributed by atoms with Crippen molar-refractivity contribution in [3.63, 3.8) is 0 Å². The Labute approximate surface area is 137 Å². The van der Waals surface area contributed by atoms with Gasteiger partial charge < -0.3 is 20.5 Å². The molecule has 3 rings (SSSR count). The average Bonchev–Trinajstić information content (AvgIpc) is 3.35. The van der Waals surface area contributed by atoms with Crippen LogP contribution in [0.4, 0.5) is 4.79 Å². The van der Waals surface area contributed by atoms with Crippen LogP contribution < -0.4 is 15.4 Å². The van der Waals surface area contributed by atoms with Gasteiger partial charge in [0.2, 0.25) is 0 Å². The van der Waals surface area contributed by atoms with E-state index < -0.39 is 5.54 Å². The number of aliphatic hydroxyl groups is 1. The molecule has 1 atom stereocenters. The normalized spacial score (nSPS) is 20.3. The lowest BCUT2D eigenvalue weighted by molar-refractivity contribution is 0.119. The van der Waals surface area contributed by atoms with Crippen LogP contribution in [-0.4, -0.2) is 29.4 Å². The first-order chi connectivity index (χ1) is 11.1. The number of ether oxygens (including phenoxy) is 1. The Kier molecular flexibility index (Phi) is 4.76. The number of amides is 2. The van der Waals surface area contributed by atoms with Crippen LogP contribution in [0.5, 0.6) is 5.75 Å². The van der Waals surface area contributed by atoms with Crippen molar-refractivity contribution in [2.75, 3.05) is 6.61 Å². The molecule has 1 unspecified atom stereocenters. The third-order valence-corrected chi connectivity index (χ3v) is 4.96. The molecule has 3 N–H and O–H groups in total. The molecule has 0 spiro atoms. The molecule has 0 radical (unpaired) electrons. The van der Waals surface area contributed by atoms with Crippen molar-refractivity contribution >= 4 is 6.03 Å². The van der Waals surface area contributed by atoms with Crippen LogP contribution in [0.1, 0.15) is 44.6 Å². The van der Waals surface area contributed by atoms with E-state index in [1.54, 1.807) is 0 Å². The number of rotatable bonds is 7. The summed E-state index contributed by atoms with van der Waals surface area (Å²) in [5.74, 6) is 1.23. The summed E-state index contributed by atoms with van der Waals surface area (Å²) in [4.78, 5) is 12.1. The van der Waals surface area contributed by atoms with E-state index in [4.69, 9.17) is 4.74 Å². The first kappa shape index (κ1) is 16.1. The molecule has 0 aromatic heterocycles. The van der Waals surface area contributed by atoms with Crippen LogP contribution in [0.2, 0.25) is 0 Å². The number of hydrogen-bond acceptors (Lipinski definition) is 3. The van der Waals surface area contributed by atoms with Crippen molar-refractivity contribution in [1.82, 2.24) is 10.6 Å². The van der Waals surface area contributed by atoms with Gasteiger partial charge in [0.15, 0.2) is 0 Å². The maximum atomic E-state index is 12.1. The van der Waals surface area contributed by atoms with Crippen LogP contribution >= 0.6 is 0 Å². The molecule has 2 aliphatic rings. The highest BCUT2D eigenvalue weighted by atomic mass is 16.5. The number of aliphatic hydroxyl groups excluding tert-OH is 1. The quantitative estimate of drug-likeness (QED) is 0.723. The molecule has 1 aromatic carbocycles. The predicted molar refractivity (Wildman–Crippen MR) is 88.3 cm³/mol. The Morgan fingerprint density at radius 1 is 1.30 bits per heavy atom. The molecule has 0 saturated heterocycles. The maximum Gasteiger partial charge on any atom is 0.315 e. The summed E-state index contributed by atoms with van der Waals surface area (Å²) in [6.45, 7) is 2.28.